The molecule has 21 heavy (non-hydrogen) atoms. The van der Waals surface area contributed by atoms with E-state index < -0.39 is 13.8 Å². The zero-order chi connectivity index (χ0) is 15.3. The molecule has 0 aliphatic rings. The average molecular weight is 332 g/mol. The number of carbonyl (C=O) groups excluding carboxylic acids is 1. The molecule has 0 spiro atoms. The Labute approximate surface area is 152 Å². The predicted octanol–water partition coefficient (Wildman–Crippen LogP) is 1.44. The molecular formula is C14H30NaO5P. The zero-order valence-electron chi connectivity index (χ0n) is 14.6. The maximum absolute atomic E-state index is 11.0. The second-order valence-electron chi connectivity index (χ2n) is 5.24. The van der Waals surface area contributed by atoms with Crippen molar-refractivity contribution in [1.82, 2.24) is 0 Å². The second kappa shape index (κ2) is 15.5. The van der Waals surface area contributed by atoms with Crippen molar-refractivity contribution in [2.24, 2.45) is 0 Å². The molecule has 7 heteroatoms. The summed E-state index contributed by atoms with van der Waals surface area (Å²) in [7, 11) is -4.65. The van der Waals surface area contributed by atoms with Crippen LogP contribution in [0.2, 0.25) is 0 Å². The van der Waals surface area contributed by atoms with Gasteiger partial charge >= 0.3 is 43.3 Å². The third-order valence-electron chi connectivity index (χ3n) is 3.21. The van der Waals surface area contributed by atoms with E-state index in [0.717, 1.165) is 12.8 Å². The topological polar surface area (TPSA) is 83.8 Å². The standard InChI is InChI=1S/C14H29O5P.Na.H/c1-2-3-4-5-6-7-8-9-10-11-12-13-14(15)19-20(16,17)18;;/h2-13H2,1H3,(H2,16,17,18);;/q;+1;-1. The van der Waals surface area contributed by atoms with E-state index in [4.69, 9.17) is 9.79 Å². The molecule has 0 radical (unpaired) electrons. The second-order valence-corrected chi connectivity index (χ2v) is 6.40. The summed E-state index contributed by atoms with van der Waals surface area (Å²) in [6, 6.07) is 0. The maximum atomic E-state index is 11.0. The number of rotatable bonds is 13. The van der Waals surface area contributed by atoms with Gasteiger partial charge in [-0.3, -0.25) is 14.6 Å². The van der Waals surface area contributed by atoms with Crippen LogP contribution in [0.3, 0.4) is 0 Å². The van der Waals surface area contributed by atoms with Crippen LogP contribution in [0.25, 0.3) is 0 Å². The first-order valence-electron chi connectivity index (χ1n) is 7.73. The number of phosphoric ester groups is 1. The Bertz CT molecular complexity index is 299. The number of carbonyl (C=O) groups is 1. The van der Waals surface area contributed by atoms with E-state index in [1.807, 2.05) is 0 Å². The fourth-order valence-corrected chi connectivity index (χ4v) is 2.47. The van der Waals surface area contributed by atoms with Crippen LogP contribution in [0, 0.1) is 0 Å². The van der Waals surface area contributed by atoms with Gasteiger partial charge in [-0.1, -0.05) is 71.1 Å². The van der Waals surface area contributed by atoms with E-state index in [0.29, 0.717) is 6.42 Å². The van der Waals surface area contributed by atoms with Crippen molar-refractivity contribution in [2.45, 2.75) is 84.0 Å². The monoisotopic (exact) mass is 332 g/mol. The van der Waals surface area contributed by atoms with E-state index >= 15 is 0 Å². The first-order chi connectivity index (χ1) is 9.45. The molecule has 0 fully saturated rings. The Kier molecular flexibility index (Phi) is 17.6. The van der Waals surface area contributed by atoms with Crippen LogP contribution in [0.15, 0.2) is 0 Å². The van der Waals surface area contributed by atoms with Gasteiger partial charge in [-0.15, -0.1) is 0 Å². The summed E-state index contributed by atoms with van der Waals surface area (Å²) in [5.41, 5.74) is 0. The van der Waals surface area contributed by atoms with Gasteiger partial charge in [0.2, 0.25) is 0 Å². The summed E-state index contributed by atoms with van der Waals surface area (Å²) in [5.74, 6) is -0.811. The van der Waals surface area contributed by atoms with Crippen molar-refractivity contribution in [3.8, 4) is 0 Å². The van der Waals surface area contributed by atoms with Crippen molar-refractivity contribution in [1.29, 1.82) is 0 Å². The molecule has 0 rings (SSSR count). The smallest absolute Gasteiger partial charge is 1.00 e. The van der Waals surface area contributed by atoms with Gasteiger partial charge in [0.25, 0.3) is 0 Å². The van der Waals surface area contributed by atoms with Crippen molar-refractivity contribution in [3.05, 3.63) is 0 Å². The number of hydrogen-bond acceptors (Lipinski definition) is 3. The number of phosphoric acid groups is 1. The van der Waals surface area contributed by atoms with Gasteiger partial charge in [0.1, 0.15) is 0 Å². The molecule has 0 bridgehead atoms. The predicted molar refractivity (Wildman–Crippen MR) is 80.3 cm³/mol. The van der Waals surface area contributed by atoms with Crippen molar-refractivity contribution in [3.63, 3.8) is 0 Å². The molecule has 0 aromatic carbocycles. The summed E-state index contributed by atoms with van der Waals surface area (Å²) in [6.45, 7) is 2.22. The normalized spacial score (nSPS) is 11.0. The SMILES string of the molecule is CCCCCCCCCCCCCC(=O)OP(=O)(O)O.[H-].[Na+]. The van der Waals surface area contributed by atoms with E-state index in [1.54, 1.807) is 0 Å². The Morgan fingerprint density at radius 3 is 1.67 bits per heavy atom. The fourth-order valence-electron chi connectivity index (χ4n) is 2.11. The molecule has 0 aliphatic carbocycles. The molecule has 2 N–H and O–H groups in total. The molecule has 0 aromatic heterocycles. The molecule has 0 saturated carbocycles. The van der Waals surface area contributed by atoms with Crippen LogP contribution in [-0.2, 0) is 13.9 Å². The summed E-state index contributed by atoms with van der Waals surface area (Å²) < 4.78 is 14.4. The van der Waals surface area contributed by atoms with Gasteiger partial charge < -0.3 is 5.95 Å². The summed E-state index contributed by atoms with van der Waals surface area (Å²) >= 11 is 0. The van der Waals surface area contributed by atoms with Crippen molar-refractivity contribution < 1.29 is 54.7 Å². The van der Waals surface area contributed by atoms with Crippen LogP contribution in [0.1, 0.15) is 85.4 Å². The minimum atomic E-state index is -4.65. The van der Waals surface area contributed by atoms with Gasteiger partial charge in [0.05, 0.1) is 0 Å². The van der Waals surface area contributed by atoms with E-state index in [1.165, 1.54) is 51.4 Å². The van der Waals surface area contributed by atoms with Crippen LogP contribution in [-0.4, -0.2) is 15.8 Å². The Morgan fingerprint density at radius 1 is 0.905 bits per heavy atom. The van der Waals surface area contributed by atoms with Crippen LogP contribution in [0.5, 0.6) is 0 Å². The summed E-state index contributed by atoms with van der Waals surface area (Å²) in [5, 5.41) is 0. The molecule has 0 aliphatic heterocycles. The minimum Gasteiger partial charge on any atom is -1.00 e. The third kappa shape index (κ3) is 20.6. The maximum Gasteiger partial charge on any atom is 1.00 e. The molecule has 0 amide bonds. The molecule has 0 aromatic rings. The molecule has 5 nitrogen and oxygen atoms in total. The van der Waals surface area contributed by atoms with Gasteiger partial charge in [-0.05, 0) is 6.42 Å². The van der Waals surface area contributed by atoms with E-state index in [9.17, 15) is 9.36 Å². The Balaban J connectivity index is -0.00000180. The molecule has 122 valence electrons. The van der Waals surface area contributed by atoms with Crippen LogP contribution < -0.4 is 29.6 Å². The first-order valence-corrected chi connectivity index (χ1v) is 9.26. The van der Waals surface area contributed by atoms with E-state index in [2.05, 4.69) is 11.4 Å². The molecule has 0 atom stereocenters. The molecular weight excluding hydrogens is 302 g/mol. The van der Waals surface area contributed by atoms with Crippen molar-refractivity contribution in [2.75, 3.05) is 0 Å². The Hall–Kier alpha value is 0.620. The fraction of sp³-hybridized carbons (Fsp3) is 0.929. The summed E-state index contributed by atoms with van der Waals surface area (Å²) in [4.78, 5) is 27.9. The quantitative estimate of drug-likeness (QED) is 0.303. The van der Waals surface area contributed by atoms with Crippen LogP contribution >= 0.6 is 7.82 Å². The molecule has 0 heterocycles. The van der Waals surface area contributed by atoms with Gasteiger partial charge in [0.15, 0.2) is 0 Å². The zero-order valence-corrected chi connectivity index (χ0v) is 16.4. The molecule has 0 unspecified atom stereocenters. The number of hydrogen-bond donors (Lipinski definition) is 2. The first kappa shape index (κ1) is 23.9. The third-order valence-corrected chi connectivity index (χ3v) is 3.65. The largest absolute Gasteiger partial charge is 1.00 e. The average Bonchev–Trinajstić information content (AvgIpc) is 2.34. The van der Waals surface area contributed by atoms with Gasteiger partial charge in [0, 0.05) is 6.42 Å². The number of unbranched alkanes of at least 4 members (excludes halogenated alkanes) is 10. The minimum absolute atomic E-state index is 0. The molecule has 0 saturated heterocycles. The van der Waals surface area contributed by atoms with Crippen molar-refractivity contribution >= 4 is 13.8 Å². The van der Waals surface area contributed by atoms with Gasteiger partial charge in [-0.25, -0.2) is 4.57 Å². The summed E-state index contributed by atoms with van der Waals surface area (Å²) in [6.07, 6.45) is 13.0. The van der Waals surface area contributed by atoms with E-state index in [-0.39, 0.29) is 37.4 Å². The van der Waals surface area contributed by atoms with Gasteiger partial charge in [-0.2, -0.15) is 0 Å². The Morgan fingerprint density at radius 2 is 1.29 bits per heavy atom. The van der Waals surface area contributed by atoms with Crippen LogP contribution in [0.4, 0.5) is 0 Å².